The molecule has 4 rings (SSSR count). The Morgan fingerprint density at radius 3 is 1.90 bits per heavy atom. The number of benzene rings is 3. The van der Waals surface area contributed by atoms with Crippen molar-refractivity contribution in [1.29, 1.82) is 0 Å². The Hall–Kier alpha value is -1.76. The van der Waals surface area contributed by atoms with E-state index in [4.69, 9.17) is 40.2 Å². The molecule has 7 heteroatoms. The van der Waals surface area contributed by atoms with Gasteiger partial charge in [0.15, 0.2) is 4.32 Å². The van der Waals surface area contributed by atoms with Crippen LogP contribution in [0.15, 0.2) is 72.8 Å². The molecule has 0 aromatic heterocycles. The van der Waals surface area contributed by atoms with Crippen molar-refractivity contribution < 1.29 is 4.74 Å². The summed E-state index contributed by atoms with van der Waals surface area (Å²) >= 11 is 19.6. The fourth-order valence-corrected chi connectivity index (χ4v) is 5.10. The zero-order valence-corrected chi connectivity index (χ0v) is 19.4. The first-order valence-corrected chi connectivity index (χ1v) is 11.5. The molecule has 1 saturated heterocycles. The second-order valence-electron chi connectivity index (χ2n) is 6.92. The second-order valence-corrected chi connectivity index (χ2v) is 9.50. The van der Waals surface area contributed by atoms with Crippen LogP contribution in [0, 0.1) is 0 Å². The van der Waals surface area contributed by atoms with Crippen LogP contribution in [-0.2, 0) is 13.1 Å². The molecule has 0 bridgehead atoms. The third-order valence-electron chi connectivity index (χ3n) is 4.91. The molecular formula is C23H20Cl2N2OS2. The molecule has 3 aromatic carbocycles. The zero-order valence-electron chi connectivity index (χ0n) is 16.3. The summed E-state index contributed by atoms with van der Waals surface area (Å²) in [7, 11) is 1.68. The van der Waals surface area contributed by atoms with Crippen LogP contribution in [0.25, 0.3) is 0 Å². The molecule has 0 spiro atoms. The molecule has 0 saturated carbocycles. The largest absolute Gasteiger partial charge is 0.497 e. The molecule has 0 radical (unpaired) electrons. The summed E-state index contributed by atoms with van der Waals surface area (Å²) in [4.78, 5) is 0. The van der Waals surface area contributed by atoms with Crippen LogP contribution in [0.3, 0.4) is 0 Å². The first kappa shape index (κ1) is 21.5. The molecule has 30 heavy (non-hydrogen) atoms. The van der Waals surface area contributed by atoms with Crippen molar-refractivity contribution in [2.75, 3.05) is 7.11 Å². The van der Waals surface area contributed by atoms with Crippen molar-refractivity contribution in [3.8, 4) is 5.75 Å². The number of hydrazine groups is 1. The molecule has 1 aliphatic rings. The monoisotopic (exact) mass is 474 g/mol. The highest BCUT2D eigenvalue weighted by Gasteiger charge is 2.37. The third kappa shape index (κ3) is 4.93. The summed E-state index contributed by atoms with van der Waals surface area (Å²) < 4.78 is 6.16. The van der Waals surface area contributed by atoms with E-state index in [1.54, 1.807) is 18.9 Å². The normalized spacial score (nSPS) is 16.8. The summed E-state index contributed by atoms with van der Waals surface area (Å²) in [6.45, 7) is 1.40. The Morgan fingerprint density at radius 1 is 0.833 bits per heavy atom. The molecule has 1 aliphatic heterocycles. The van der Waals surface area contributed by atoms with Crippen molar-refractivity contribution in [2.24, 2.45) is 0 Å². The second kappa shape index (κ2) is 9.58. The highest BCUT2D eigenvalue weighted by atomic mass is 35.5. The molecule has 1 heterocycles. The number of rotatable bonds is 6. The Balaban J connectivity index is 1.64. The molecule has 3 aromatic rings. The Bertz CT molecular complexity index is 1010. The van der Waals surface area contributed by atoms with Gasteiger partial charge in [-0.25, -0.2) is 0 Å². The predicted octanol–water partition coefficient (Wildman–Crippen LogP) is 6.95. The van der Waals surface area contributed by atoms with E-state index in [0.29, 0.717) is 13.1 Å². The Kier molecular flexibility index (Phi) is 6.86. The van der Waals surface area contributed by atoms with Gasteiger partial charge in [-0.1, -0.05) is 83.6 Å². The van der Waals surface area contributed by atoms with Crippen LogP contribution in [-0.4, -0.2) is 21.4 Å². The van der Waals surface area contributed by atoms with Gasteiger partial charge in [0.1, 0.15) is 11.1 Å². The Labute approximate surface area is 196 Å². The predicted molar refractivity (Wildman–Crippen MR) is 130 cm³/mol. The fraction of sp³-hybridized carbons (Fsp3) is 0.174. The van der Waals surface area contributed by atoms with Gasteiger partial charge in [-0.05, 0) is 53.1 Å². The number of halogens is 2. The van der Waals surface area contributed by atoms with E-state index in [2.05, 4.69) is 34.3 Å². The maximum absolute atomic E-state index is 6.08. The van der Waals surface area contributed by atoms with Gasteiger partial charge in [-0.15, -0.1) is 0 Å². The summed E-state index contributed by atoms with van der Waals surface area (Å²) in [5.74, 6) is 0.839. The standard InChI is InChI=1S/C23H20Cl2N2OS2/c1-28-21-12-6-18(7-13-21)22-26(14-16-2-8-19(24)9-3-16)27(23(29)30-22)15-17-4-10-20(25)11-5-17/h2-13,22H,14-15H2,1H3/t22-/m0/s1. The number of thioether (sulfide) groups is 1. The highest BCUT2D eigenvalue weighted by molar-refractivity contribution is 8.23. The van der Waals surface area contributed by atoms with Crippen LogP contribution < -0.4 is 4.74 Å². The van der Waals surface area contributed by atoms with Crippen molar-refractivity contribution in [1.82, 2.24) is 10.0 Å². The number of hydrogen-bond acceptors (Lipinski definition) is 4. The van der Waals surface area contributed by atoms with Gasteiger partial charge < -0.3 is 4.74 Å². The lowest BCUT2D eigenvalue weighted by Crippen LogP contribution is -2.38. The summed E-state index contributed by atoms with van der Waals surface area (Å²) in [5.41, 5.74) is 3.50. The molecule has 154 valence electrons. The van der Waals surface area contributed by atoms with Crippen LogP contribution in [0.4, 0.5) is 0 Å². The molecule has 0 unspecified atom stereocenters. The van der Waals surface area contributed by atoms with Gasteiger partial charge in [0.2, 0.25) is 0 Å². The number of ether oxygens (including phenoxy) is 1. The number of nitrogens with zero attached hydrogens (tertiary/aromatic N) is 2. The molecule has 3 nitrogen and oxygen atoms in total. The number of hydrogen-bond donors (Lipinski definition) is 0. The van der Waals surface area contributed by atoms with Gasteiger partial charge in [0.05, 0.1) is 13.7 Å². The average molecular weight is 475 g/mol. The average Bonchev–Trinajstić information content (AvgIpc) is 3.06. The lowest BCUT2D eigenvalue weighted by Gasteiger charge is -2.32. The van der Waals surface area contributed by atoms with Crippen molar-refractivity contribution >= 4 is 51.5 Å². The minimum atomic E-state index is 0.0754. The van der Waals surface area contributed by atoms with Gasteiger partial charge in [0.25, 0.3) is 0 Å². The van der Waals surface area contributed by atoms with Crippen molar-refractivity contribution in [3.63, 3.8) is 0 Å². The minimum absolute atomic E-state index is 0.0754. The first-order chi connectivity index (χ1) is 14.5. The molecule has 0 amide bonds. The third-order valence-corrected chi connectivity index (χ3v) is 7.06. The lowest BCUT2D eigenvalue weighted by molar-refractivity contribution is 0.0306. The van der Waals surface area contributed by atoms with E-state index in [-0.39, 0.29) is 5.37 Å². The van der Waals surface area contributed by atoms with Crippen LogP contribution in [0.2, 0.25) is 10.0 Å². The molecule has 1 fully saturated rings. The van der Waals surface area contributed by atoms with Gasteiger partial charge in [0, 0.05) is 16.6 Å². The molecule has 1 atom stereocenters. The van der Waals surface area contributed by atoms with Crippen molar-refractivity contribution in [3.05, 3.63) is 99.5 Å². The topological polar surface area (TPSA) is 15.7 Å². The van der Waals surface area contributed by atoms with E-state index in [1.165, 1.54) is 11.1 Å². The maximum atomic E-state index is 6.08. The van der Waals surface area contributed by atoms with Crippen LogP contribution in [0.5, 0.6) is 5.75 Å². The fourth-order valence-electron chi connectivity index (χ4n) is 3.32. The summed E-state index contributed by atoms with van der Waals surface area (Å²) in [6, 6.07) is 24.0. The highest BCUT2D eigenvalue weighted by Crippen LogP contribution is 2.44. The lowest BCUT2D eigenvalue weighted by atomic mass is 10.1. The number of methoxy groups -OCH3 is 1. The minimum Gasteiger partial charge on any atom is -0.497 e. The Morgan fingerprint density at radius 2 is 1.37 bits per heavy atom. The number of thiocarbonyl (C=S) groups is 1. The van der Waals surface area contributed by atoms with E-state index in [1.807, 2.05) is 48.5 Å². The van der Waals surface area contributed by atoms with Gasteiger partial charge in [-0.2, -0.15) is 5.01 Å². The molecule has 0 aliphatic carbocycles. The van der Waals surface area contributed by atoms with Crippen LogP contribution >= 0.6 is 47.2 Å². The van der Waals surface area contributed by atoms with E-state index >= 15 is 0 Å². The zero-order chi connectivity index (χ0) is 21.1. The van der Waals surface area contributed by atoms with E-state index in [9.17, 15) is 0 Å². The summed E-state index contributed by atoms with van der Waals surface area (Å²) in [6.07, 6.45) is 0. The SMILES string of the molecule is COc1ccc([C@@H]2SC(=S)N(Cc3ccc(Cl)cc3)N2Cc2ccc(Cl)cc2)cc1. The van der Waals surface area contributed by atoms with Crippen molar-refractivity contribution in [2.45, 2.75) is 18.5 Å². The van der Waals surface area contributed by atoms with Gasteiger partial charge in [-0.3, -0.25) is 5.01 Å². The molecule has 0 N–H and O–H groups in total. The van der Waals surface area contributed by atoms with E-state index in [0.717, 1.165) is 25.7 Å². The maximum Gasteiger partial charge on any atom is 0.153 e. The summed E-state index contributed by atoms with van der Waals surface area (Å²) in [5, 5.41) is 6.02. The van der Waals surface area contributed by atoms with Crippen LogP contribution in [0.1, 0.15) is 22.1 Å². The quantitative estimate of drug-likeness (QED) is 0.358. The van der Waals surface area contributed by atoms with Gasteiger partial charge >= 0.3 is 0 Å². The van der Waals surface area contributed by atoms with E-state index < -0.39 is 0 Å². The first-order valence-electron chi connectivity index (χ1n) is 9.41. The smallest absolute Gasteiger partial charge is 0.153 e. The molecular weight excluding hydrogens is 455 g/mol.